The van der Waals surface area contributed by atoms with Gasteiger partial charge in [-0.1, -0.05) is 49.6 Å². The van der Waals surface area contributed by atoms with Crippen LogP contribution in [-0.2, 0) is 6.54 Å². The molecule has 0 bridgehead atoms. The fraction of sp³-hybridized carbons (Fsp3) is 0.444. The lowest BCUT2D eigenvalue weighted by Crippen LogP contribution is -2.08. The molecule has 0 radical (unpaired) electrons. The van der Waals surface area contributed by atoms with Gasteiger partial charge >= 0.3 is 0 Å². The van der Waals surface area contributed by atoms with E-state index in [1.165, 1.54) is 30.4 Å². The van der Waals surface area contributed by atoms with E-state index in [0.29, 0.717) is 0 Å². The second-order valence-electron chi connectivity index (χ2n) is 5.66. The van der Waals surface area contributed by atoms with E-state index in [1.807, 2.05) is 13.0 Å². The molecule has 0 aliphatic carbocycles. The number of aryl methyl sites for hydroxylation is 2. The van der Waals surface area contributed by atoms with E-state index < -0.39 is 0 Å². The molecule has 0 aliphatic heterocycles. The highest BCUT2D eigenvalue weighted by molar-refractivity contribution is 5.47. The molecule has 2 rings (SSSR count). The molecule has 1 aromatic carbocycles. The van der Waals surface area contributed by atoms with Crippen molar-refractivity contribution in [2.24, 2.45) is 0 Å². The Morgan fingerprint density at radius 3 is 2.45 bits per heavy atom. The zero-order chi connectivity index (χ0) is 15.8. The van der Waals surface area contributed by atoms with E-state index in [2.05, 4.69) is 58.7 Å². The molecule has 2 N–H and O–H groups in total. The van der Waals surface area contributed by atoms with Crippen molar-refractivity contribution in [1.82, 2.24) is 9.97 Å². The minimum atomic E-state index is 0.771. The Balaban J connectivity index is 1.94. The smallest absolute Gasteiger partial charge is 0.132 e. The number of anilines is 2. The van der Waals surface area contributed by atoms with Gasteiger partial charge in [-0.15, -0.1) is 0 Å². The summed E-state index contributed by atoms with van der Waals surface area (Å²) in [6, 6.07) is 10.5. The highest BCUT2D eigenvalue weighted by Crippen LogP contribution is 2.13. The van der Waals surface area contributed by atoms with E-state index in [4.69, 9.17) is 0 Å². The largest absolute Gasteiger partial charge is 0.370 e. The molecule has 0 saturated heterocycles. The molecular weight excluding hydrogens is 272 g/mol. The van der Waals surface area contributed by atoms with E-state index in [0.717, 1.165) is 30.5 Å². The van der Waals surface area contributed by atoms with E-state index >= 15 is 0 Å². The summed E-state index contributed by atoms with van der Waals surface area (Å²) in [5.41, 5.74) is 2.53. The lowest BCUT2D eigenvalue weighted by atomic mass is 10.1. The molecule has 0 aliphatic rings. The monoisotopic (exact) mass is 298 g/mol. The van der Waals surface area contributed by atoms with Gasteiger partial charge in [0, 0.05) is 19.2 Å². The molecule has 0 fully saturated rings. The third kappa shape index (κ3) is 5.35. The van der Waals surface area contributed by atoms with E-state index in [-0.39, 0.29) is 0 Å². The summed E-state index contributed by atoms with van der Waals surface area (Å²) in [5, 5.41) is 6.76. The first-order valence-corrected chi connectivity index (χ1v) is 8.06. The molecule has 4 heteroatoms. The maximum absolute atomic E-state index is 4.45. The molecule has 2 aromatic rings. The molecule has 0 spiro atoms. The van der Waals surface area contributed by atoms with Gasteiger partial charge in [-0.2, -0.15) is 0 Å². The summed E-state index contributed by atoms with van der Waals surface area (Å²) in [6.45, 7) is 7.98. The Morgan fingerprint density at radius 1 is 0.955 bits per heavy atom. The van der Waals surface area contributed by atoms with Crippen LogP contribution in [0.3, 0.4) is 0 Å². The number of benzene rings is 1. The lowest BCUT2D eigenvalue weighted by molar-refractivity contribution is 0.742. The molecule has 118 valence electrons. The summed E-state index contributed by atoms with van der Waals surface area (Å²) in [4.78, 5) is 8.89. The van der Waals surface area contributed by atoms with Crippen LogP contribution in [-0.4, -0.2) is 16.5 Å². The van der Waals surface area contributed by atoms with Gasteiger partial charge in [-0.25, -0.2) is 9.97 Å². The molecule has 22 heavy (non-hydrogen) atoms. The maximum atomic E-state index is 4.45. The van der Waals surface area contributed by atoms with Crippen LogP contribution in [0.2, 0.25) is 0 Å². The second-order valence-corrected chi connectivity index (χ2v) is 5.66. The van der Waals surface area contributed by atoms with Crippen molar-refractivity contribution in [1.29, 1.82) is 0 Å². The fourth-order valence-electron chi connectivity index (χ4n) is 2.35. The van der Waals surface area contributed by atoms with Crippen LogP contribution in [0.25, 0.3) is 0 Å². The molecule has 0 atom stereocenters. The molecule has 0 saturated carbocycles. The van der Waals surface area contributed by atoms with Crippen LogP contribution < -0.4 is 10.6 Å². The van der Waals surface area contributed by atoms with Gasteiger partial charge in [0.25, 0.3) is 0 Å². The van der Waals surface area contributed by atoms with Crippen molar-refractivity contribution >= 4 is 11.6 Å². The predicted octanol–water partition coefficient (Wildman–Crippen LogP) is 4.31. The average molecular weight is 298 g/mol. The standard InChI is InChI=1S/C18H26N4/c1-4-5-6-10-19-17-12-18(22-15(3)21-17)20-13-16-9-7-8-14(2)11-16/h7-9,11-12H,4-6,10,13H2,1-3H3,(H2,19,20,21,22). The SMILES string of the molecule is CCCCCNc1cc(NCc2cccc(C)c2)nc(C)n1. The second kappa shape index (κ2) is 8.37. The van der Waals surface area contributed by atoms with Crippen LogP contribution in [0, 0.1) is 13.8 Å². The minimum Gasteiger partial charge on any atom is -0.370 e. The number of nitrogens with one attached hydrogen (secondary N) is 2. The van der Waals surface area contributed by atoms with Gasteiger partial charge in [0.05, 0.1) is 0 Å². The third-order valence-corrected chi connectivity index (χ3v) is 3.48. The van der Waals surface area contributed by atoms with Gasteiger partial charge in [-0.3, -0.25) is 0 Å². The molecule has 1 heterocycles. The number of aromatic nitrogens is 2. The topological polar surface area (TPSA) is 49.8 Å². The summed E-state index contributed by atoms with van der Waals surface area (Å²) in [7, 11) is 0. The quantitative estimate of drug-likeness (QED) is 0.713. The molecule has 1 aromatic heterocycles. The first-order valence-electron chi connectivity index (χ1n) is 8.06. The van der Waals surface area contributed by atoms with Gasteiger partial charge in [0.15, 0.2) is 0 Å². The predicted molar refractivity (Wildman–Crippen MR) is 93.3 cm³/mol. The average Bonchev–Trinajstić information content (AvgIpc) is 2.49. The molecular formula is C18H26N4. The third-order valence-electron chi connectivity index (χ3n) is 3.48. The van der Waals surface area contributed by atoms with Crippen molar-refractivity contribution in [2.45, 2.75) is 46.6 Å². The van der Waals surface area contributed by atoms with Crippen molar-refractivity contribution in [3.8, 4) is 0 Å². The van der Waals surface area contributed by atoms with Crippen LogP contribution in [0.5, 0.6) is 0 Å². The summed E-state index contributed by atoms with van der Waals surface area (Å²) < 4.78 is 0. The van der Waals surface area contributed by atoms with Crippen molar-refractivity contribution in [2.75, 3.05) is 17.2 Å². The minimum absolute atomic E-state index is 0.771. The van der Waals surface area contributed by atoms with Gasteiger partial charge in [0.1, 0.15) is 17.5 Å². The van der Waals surface area contributed by atoms with Gasteiger partial charge < -0.3 is 10.6 Å². The first kappa shape index (κ1) is 16.3. The summed E-state index contributed by atoms with van der Waals surface area (Å²) in [6.07, 6.45) is 3.65. The Hall–Kier alpha value is -2.10. The Labute approximate surface area is 133 Å². The Kier molecular flexibility index (Phi) is 6.19. The Morgan fingerprint density at radius 2 is 1.73 bits per heavy atom. The van der Waals surface area contributed by atoms with Crippen molar-refractivity contribution < 1.29 is 0 Å². The first-order chi connectivity index (χ1) is 10.7. The molecule has 0 amide bonds. The normalized spacial score (nSPS) is 10.5. The fourth-order valence-corrected chi connectivity index (χ4v) is 2.35. The van der Waals surface area contributed by atoms with E-state index in [9.17, 15) is 0 Å². The number of hydrogen-bond donors (Lipinski definition) is 2. The van der Waals surface area contributed by atoms with Crippen LogP contribution in [0.4, 0.5) is 11.6 Å². The number of rotatable bonds is 8. The van der Waals surface area contributed by atoms with Crippen LogP contribution in [0.15, 0.2) is 30.3 Å². The van der Waals surface area contributed by atoms with Gasteiger partial charge in [0.2, 0.25) is 0 Å². The maximum Gasteiger partial charge on any atom is 0.132 e. The van der Waals surface area contributed by atoms with Crippen LogP contribution in [0.1, 0.15) is 43.1 Å². The zero-order valence-corrected chi connectivity index (χ0v) is 13.8. The van der Waals surface area contributed by atoms with Crippen molar-refractivity contribution in [3.63, 3.8) is 0 Å². The lowest BCUT2D eigenvalue weighted by Gasteiger charge is -2.10. The summed E-state index contributed by atoms with van der Waals surface area (Å²) in [5.74, 6) is 2.55. The zero-order valence-electron chi connectivity index (χ0n) is 13.8. The van der Waals surface area contributed by atoms with E-state index in [1.54, 1.807) is 0 Å². The highest BCUT2D eigenvalue weighted by Gasteiger charge is 2.02. The summed E-state index contributed by atoms with van der Waals surface area (Å²) >= 11 is 0. The van der Waals surface area contributed by atoms with Crippen molar-refractivity contribution in [3.05, 3.63) is 47.3 Å². The number of unbranched alkanes of at least 4 members (excludes halogenated alkanes) is 2. The number of nitrogens with zero attached hydrogens (tertiary/aromatic N) is 2. The molecule has 0 unspecified atom stereocenters. The van der Waals surface area contributed by atoms with Gasteiger partial charge in [-0.05, 0) is 25.8 Å². The van der Waals surface area contributed by atoms with Crippen LogP contribution >= 0.6 is 0 Å². The number of hydrogen-bond acceptors (Lipinski definition) is 4. The Bertz CT molecular complexity index is 595. The molecule has 4 nitrogen and oxygen atoms in total. The highest BCUT2D eigenvalue weighted by atomic mass is 15.1.